The number of amides is 1. The fourth-order valence-corrected chi connectivity index (χ4v) is 2.78. The third-order valence-corrected chi connectivity index (χ3v) is 4.49. The zero-order chi connectivity index (χ0) is 18.0. The summed E-state index contributed by atoms with van der Waals surface area (Å²) in [5.41, 5.74) is 9.03. The van der Waals surface area contributed by atoms with Gasteiger partial charge < -0.3 is 11.1 Å². The van der Waals surface area contributed by atoms with E-state index in [0.29, 0.717) is 11.6 Å². The van der Waals surface area contributed by atoms with Crippen LogP contribution in [0.5, 0.6) is 0 Å². The van der Waals surface area contributed by atoms with E-state index in [1.54, 1.807) is 12.3 Å². The molecule has 3 rings (SSSR count). The average molecular weight is 334 g/mol. The fourth-order valence-electron chi connectivity index (χ4n) is 2.78. The summed E-state index contributed by atoms with van der Waals surface area (Å²) in [4.78, 5) is 11.5. The molecule has 1 atom stereocenters. The number of aryl methyl sites for hydroxylation is 1. The molecule has 128 valence electrons. The number of fused-ring (bicyclic) bond motifs is 1. The number of rotatable bonds is 5. The number of nitrogens with two attached hydrogens (primary N) is 1. The summed E-state index contributed by atoms with van der Waals surface area (Å²) in [5.74, 6) is 0.369. The molecule has 0 spiro atoms. The molecule has 0 saturated carbocycles. The van der Waals surface area contributed by atoms with Crippen LogP contribution < -0.4 is 11.1 Å². The van der Waals surface area contributed by atoms with E-state index in [4.69, 9.17) is 5.73 Å². The minimum absolute atomic E-state index is 0.328. The van der Waals surface area contributed by atoms with E-state index < -0.39 is 5.91 Å². The van der Waals surface area contributed by atoms with Gasteiger partial charge in [0.15, 0.2) is 5.82 Å². The van der Waals surface area contributed by atoms with Crippen LogP contribution in [-0.4, -0.2) is 22.1 Å². The van der Waals surface area contributed by atoms with E-state index in [-0.39, 0.29) is 0 Å². The molecular formula is C20H22N4O. The van der Waals surface area contributed by atoms with Gasteiger partial charge in [0.2, 0.25) is 5.91 Å². The van der Waals surface area contributed by atoms with Crippen molar-refractivity contribution in [1.29, 1.82) is 0 Å². The summed E-state index contributed by atoms with van der Waals surface area (Å²) in [6.07, 6.45) is 2.77. The first-order valence-electron chi connectivity index (χ1n) is 8.42. The summed E-state index contributed by atoms with van der Waals surface area (Å²) in [5, 5.41) is 13.8. The van der Waals surface area contributed by atoms with Crippen molar-refractivity contribution in [3.05, 3.63) is 53.7 Å². The molecule has 0 fully saturated rings. The van der Waals surface area contributed by atoms with Crippen LogP contribution in [0.4, 0.5) is 5.82 Å². The number of benzene rings is 2. The lowest BCUT2D eigenvalue weighted by atomic mass is 9.96. The normalized spacial score (nSPS) is 12.1. The minimum Gasteiger partial charge on any atom is -0.366 e. The number of hydrogen-bond donors (Lipinski definition) is 2. The number of primary amides is 1. The van der Waals surface area contributed by atoms with Gasteiger partial charge in [0.05, 0.1) is 6.20 Å². The zero-order valence-electron chi connectivity index (χ0n) is 14.7. The lowest BCUT2D eigenvalue weighted by Gasteiger charge is -2.14. The predicted molar refractivity (Wildman–Crippen MR) is 102 cm³/mol. The summed E-state index contributed by atoms with van der Waals surface area (Å²) in [6, 6.07) is 12.0. The van der Waals surface area contributed by atoms with Crippen LogP contribution in [0.2, 0.25) is 0 Å². The molecule has 0 unspecified atom stereocenters. The van der Waals surface area contributed by atoms with Gasteiger partial charge in [0.1, 0.15) is 0 Å². The maximum atomic E-state index is 11.5. The second-order valence-corrected chi connectivity index (χ2v) is 6.34. The molecule has 0 radical (unpaired) electrons. The maximum Gasteiger partial charge on any atom is 0.248 e. The Kier molecular flexibility index (Phi) is 4.65. The smallest absolute Gasteiger partial charge is 0.248 e. The molecule has 1 heterocycles. The molecule has 5 heteroatoms. The SMILES string of the molecule is CC[C@H](C)Nc1nncc2cc(-c3cc(C(N)=O)ccc3C)ccc12. The van der Waals surface area contributed by atoms with Crippen molar-refractivity contribution in [2.24, 2.45) is 5.73 Å². The summed E-state index contributed by atoms with van der Waals surface area (Å²) in [7, 11) is 0. The Bertz CT molecular complexity index is 936. The highest BCUT2D eigenvalue weighted by Gasteiger charge is 2.10. The van der Waals surface area contributed by atoms with Gasteiger partial charge in [0.25, 0.3) is 0 Å². The lowest BCUT2D eigenvalue weighted by molar-refractivity contribution is 0.100. The van der Waals surface area contributed by atoms with Crippen LogP contribution in [0, 0.1) is 6.92 Å². The van der Waals surface area contributed by atoms with Crippen LogP contribution in [-0.2, 0) is 0 Å². The Labute approximate surface area is 147 Å². The number of carbonyl (C=O) groups excluding carboxylic acids is 1. The van der Waals surface area contributed by atoms with Gasteiger partial charge in [-0.25, -0.2) is 0 Å². The fraction of sp³-hybridized carbons (Fsp3) is 0.250. The monoisotopic (exact) mass is 334 g/mol. The molecule has 0 saturated heterocycles. The van der Waals surface area contributed by atoms with E-state index in [1.165, 1.54) is 0 Å². The van der Waals surface area contributed by atoms with Gasteiger partial charge in [-0.1, -0.05) is 19.1 Å². The van der Waals surface area contributed by atoms with E-state index in [1.807, 2.05) is 31.2 Å². The number of anilines is 1. The number of nitrogens with one attached hydrogen (secondary N) is 1. The molecule has 0 aliphatic heterocycles. The van der Waals surface area contributed by atoms with Crippen molar-refractivity contribution < 1.29 is 4.79 Å². The van der Waals surface area contributed by atoms with Crippen LogP contribution >= 0.6 is 0 Å². The molecule has 0 aliphatic rings. The standard InChI is InChI=1S/C20H22N4O/c1-4-13(3)23-20-17-8-7-14(9-16(17)11-22-24-20)18-10-15(19(21)25)6-5-12(18)2/h5-11,13H,4H2,1-3H3,(H2,21,25)(H,23,24)/t13-/m0/s1. The molecule has 1 aromatic heterocycles. The third kappa shape index (κ3) is 3.45. The first-order chi connectivity index (χ1) is 12.0. The summed E-state index contributed by atoms with van der Waals surface area (Å²) >= 11 is 0. The van der Waals surface area contributed by atoms with Crippen LogP contribution in [0.25, 0.3) is 21.9 Å². The van der Waals surface area contributed by atoms with E-state index in [2.05, 4.69) is 35.4 Å². The second kappa shape index (κ2) is 6.89. The topological polar surface area (TPSA) is 80.9 Å². The predicted octanol–water partition coefficient (Wildman–Crippen LogP) is 3.91. The molecule has 5 nitrogen and oxygen atoms in total. The lowest BCUT2D eigenvalue weighted by Crippen LogP contribution is -2.15. The van der Waals surface area contributed by atoms with Crippen molar-refractivity contribution in [1.82, 2.24) is 10.2 Å². The molecule has 25 heavy (non-hydrogen) atoms. The summed E-state index contributed by atoms with van der Waals surface area (Å²) in [6.45, 7) is 6.27. The van der Waals surface area contributed by atoms with Gasteiger partial charge >= 0.3 is 0 Å². The van der Waals surface area contributed by atoms with Gasteiger partial charge in [-0.3, -0.25) is 4.79 Å². The van der Waals surface area contributed by atoms with Crippen molar-refractivity contribution in [2.45, 2.75) is 33.2 Å². The molecule has 0 aliphatic carbocycles. The Hall–Kier alpha value is -2.95. The maximum absolute atomic E-state index is 11.5. The first-order valence-corrected chi connectivity index (χ1v) is 8.42. The number of carbonyl (C=O) groups is 1. The average Bonchev–Trinajstić information content (AvgIpc) is 2.61. The largest absolute Gasteiger partial charge is 0.366 e. The molecule has 3 N–H and O–H groups in total. The van der Waals surface area contributed by atoms with Crippen molar-refractivity contribution in [3.63, 3.8) is 0 Å². The van der Waals surface area contributed by atoms with Gasteiger partial charge in [0, 0.05) is 22.4 Å². The highest BCUT2D eigenvalue weighted by molar-refractivity contribution is 5.96. The Morgan fingerprint density at radius 1 is 1.24 bits per heavy atom. The van der Waals surface area contributed by atoms with Gasteiger partial charge in [-0.2, -0.15) is 5.10 Å². The number of nitrogens with zero attached hydrogens (tertiary/aromatic N) is 2. The second-order valence-electron chi connectivity index (χ2n) is 6.34. The van der Waals surface area contributed by atoms with E-state index in [9.17, 15) is 4.79 Å². The quantitative estimate of drug-likeness (QED) is 0.741. The van der Waals surface area contributed by atoms with Crippen LogP contribution in [0.15, 0.2) is 42.6 Å². The number of aromatic nitrogens is 2. The third-order valence-electron chi connectivity index (χ3n) is 4.49. The molecule has 0 bridgehead atoms. The Morgan fingerprint density at radius 2 is 2.04 bits per heavy atom. The van der Waals surface area contributed by atoms with Crippen LogP contribution in [0.3, 0.4) is 0 Å². The Balaban J connectivity index is 2.08. The van der Waals surface area contributed by atoms with Gasteiger partial charge in [-0.05, 0) is 61.2 Å². The molecule has 1 amide bonds. The molecule has 3 aromatic rings. The highest BCUT2D eigenvalue weighted by Crippen LogP contribution is 2.30. The van der Waals surface area contributed by atoms with Crippen molar-refractivity contribution in [3.8, 4) is 11.1 Å². The summed E-state index contributed by atoms with van der Waals surface area (Å²) < 4.78 is 0. The first kappa shape index (κ1) is 16.9. The van der Waals surface area contributed by atoms with Crippen LogP contribution in [0.1, 0.15) is 36.2 Å². The van der Waals surface area contributed by atoms with E-state index >= 15 is 0 Å². The highest BCUT2D eigenvalue weighted by atomic mass is 16.1. The molecule has 2 aromatic carbocycles. The zero-order valence-corrected chi connectivity index (χ0v) is 14.7. The minimum atomic E-state index is -0.423. The van der Waals surface area contributed by atoms with Crippen molar-refractivity contribution in [2.75, 3.05) is 5.32 Å². The number of hydrogen-bond acceptors (Lipinski definition) is 4. The molecular weight excluding hydrogens is 312 g/mol. The van der Waals surface area contributed by atoms with Gasteiger partial charge in [-0.15, -0.1) is 5.10 Å². The van der Waals surface area contributed by atoms with Crippen molar-refractivity contribution >= 4 is 22.5 Å². The van der Waals surface area contributed by atoms with E-state index in [0.717, 1.165) is 39.7 Å². The Morgan fingerprint density at radius 3 is 2.76 bits per heavy atom.